The van der Waals surface area contributed by atoms with Crippen molar-refractivity contribution in [3.63, 3.8) is 0 Å². The van der Waals surface area contributed by atoms with Crippen molar-refractivity contribution in [3.8, 4) is 11.8 Å². The number of ether oxygens (including phenoxy) is 1. The molecule has 1 atom stereocenters. The minimum absolute atomic E-state index is 0.133. The van der Waals surface area contributed by atoms with Gasteiger partial charge in [0.05, 0.1) is 18.9 Å². The summed E-state index contributed by atoms with van der Waals surface area (Å²) in [6.45, 7) is 4.51. The molecule has 3 N–H and O–H groups in total. The van der Waals surface area contributed by atoms with Crippen LogP contribution in [0.15, 0.2) is 65.0 Å². The van der Waals surface area contributed by atoms with E-state index in [4.69, 9.17) is 10.5 Å². The first-order valence-electron chi connectivity index (χ1n) is 10.8. The minimum Gasteiger partial charge on any atom is -0.503 e. The van der Waals surface area contributed by atoms with Crippen LogP contribution in [0.1, 0.15) is 41.1 Å². The molecule has 0 spiro atoms. The molecule has 6 heteroatoms. The number of aliphatic imine (C=N–C) groups is 1. The molecular weight excluding hydrogens is 402 g/mol. The zero-order valence-electron chi connectivity index (χ0n) is 18.0. The van der Waals surface area contributed by atoms with Crippen molar-refractivity contribution in [1.29, 1.82) is 0 Å². The van der Waals surface area contributed by atoms with Crippen LogP contribution < -0.4 is 5.73 Å². The van der Waals surface area contributed by atoms with E-state index in [1.54, 1.807) is 0 Å². The van der Waals surface area contributed by atoms with Crippen LogP contribution in [-0.2, 0) is 16.1 Å². The summed E-state index contributed by atoms with van der Waals surface area (Å²) in [6, 6.07) is 15.7. The van der Waals surface area contributed by atoms with Crippen molar-refractivity contribution in [1.82, 2.24) is 4.90 Å². The summed E-state index contributed by atoms with van der Waals surface area (Å²) in [6.07, 6.45) is 1.95. The largest absolute Gasteiger partial charge is 0.503 e. The lowest BCUT2D eigenvalue weighted by atomic mass is 9.99. The summed E-state index contributed by atoms with van der Waals surface area (Å²) in [5.41, 5.74) is 10.6. The lowest BCUT2D eigenvalue weighted by Crippen LogP contribution is -2.35. The highest BCUT2D eigenvalue weighted by Crippen LogP contribution is 2.23. The number of rotatable bonds is 5. The lowest BCUT2D eigenvalue weighted by Gasteiger charge is -2.26. The Bertz CT molecular complexity index is 1070. The molecule has 2 heterocycles. The maximum absolute atomic E-state index is 11.6. The first-order valence-corrected chi connectivity index (χ1v) is 10.8. The summed E-state index contributed by atoms with van der Waals surface area (Å²) in [5, 5.41) is 9.89. The van der Waals surface area contributed by atoms with Crippen LogP contribution in [0.25, 0.3) is 0 Å². The second kappa shape index (κ2) is 10.4. The van der Waals surface area contributed by atoms with Gasteiger partial charge in [-0.1, -0.05) is 36.1 Å². The highest BCUT2D eigenvalue weighted by molar-refractivity contribution is 6.03. The monoisotopic (exact) mass is 429 g/mol. The van der Waals surface area contributed by atoms with Crippen LogP contribution in [0.3, 0.4) is 0 Å². The van der Waals surface area contributed by atoms with E-state index >= 15 is 0 Å². The van der Waals surface area contributed by atoms with Crippen molar-refractivity contribution in [2.45, 2.75) is 25.4 Å². The molecule has 1 saturated heterocycles. The Labute approximate surface area is 188 Å². The van der Waals surface area contributed by atoms with Crippen LogP contribution in [-0.4, -0.2) is 48.3 Å². The smallest absolute Gasteiger partial charge is 0.204 e. The fourth-order valence-corrected chi connectivity index (χ4v) is 3.70. The van der Waals surface area contributed by atoms with E-state index in [1.165, 1.54) is 11.8 Å². The number of nitrogens with two attached hydrogens (primary N) is 1. The third-order valence-electron chi connectivity index (χ3n) is 5.63. The number of nitrogens with zero attached hydrogens (tertiary/aromatic N) is 2. The molecule has 0 radical (unpaired) electrons. The van der Waals surface area contributed by atoms with Gasteiger partial charge in [0.25, 0.3) is 0 Å². The van der Waals surface area contributed by atoms with Crippen LogP contribution in [0.5, 0.6) is 0 Å². The Kier molecular flexibility index (Phi) is 7.13. The molecule has 32 heavy (non-hydrogen) atoms. The van der Waals surface area contributed by atoms with Crippen LogP contribution in [0.2, 0.25) is 0 Å². The van der Waals surface area contributed by atoms with Crippen molar-refractivity contribution in [2.75, 3.05) is 26.3 Å². The third-order valence-corrected chi connectivity index (χ3v) is 5.63. The molecule has 0 aromatic heterocycles. The van der Waals surface area contributed by atoms with E-state index in [2.05, 4.69) is 46.0 Å². The van der Waals surface area contributed by atoms with Crippen molar-refractivity contribution in [2.24, 2.45) is 10.7 Å². The standard InChI is InChI=1S/C26H27N3O3/c27-23(17-24-26(31)25(30)11-12-28-24)22-9-7-20(8-10-22)2-1-19-3-5-21(6-4-19)18-29-13-15-32-16-14-29/h3-10,12,23,31H,11,13-18,27H2. The fourth-order valence-electron chi connectivity index (χ4n) is 3.70. The number of benzene rings is 2. The predicted molar refractivity (Wildman–Crippen MR) is 124 cm³/mol. The SMILES string of the molecule is NC(CC1=C(O)C(=O)CC=N1)c1ccc(C#Cc2ccc(CN3CCOCC3)cc2)cc1. The van der Waals surface area contributed by atoms with Crippen molar-refractivity contribution >= 4 is 12.0 Å². The number of hydrogen-bond acceptors (Lipinski definition) is 6. The van der Waals surface area contributed by atoms with Crippen LogP contribution >= 0.6 is 0 Å². The summed E-state index contributed by atoms with van der Waals surface area (Å²) in [5.74, 6) is 5.80. The summed E-state index contributed by atoms with van der Waals surface area (Å²) < 4.78 is 5.40. The molecule has 2 aromatic rings. The minimum atomic E-state index is -0.365. The van der Waals surface area contributed by atoms with Gasteiger partial charge >= 0.3 is 0 Å². The average Bonchev–Trinajstić information content (AvgIpc) is 2.82. The number of hydrogen-bond donors (Lipinski definition) is 2. The molecule has 2 aliphatic heterocycles. The van der Waals surface area contributed by atoms with Crippen molar-refractivity contribution < 1.29 is 14.6 Å². The highest BCUT2D eigenvalue weighted by atomic mass is 16.5. The molecule has 0 aliphatic carbocycles. The molecule has 2 aliphatic rings. The molecule has 0 saturated carbocycles. The second-order valence-electron chi connectivity index (χ2n) is 8.00. The van der Waals surface area contributed by atoms with E-state index in [1.807, 2.05) is 24.3 Å². The van der Waals surface area contributed by atoms with Gasteiger partial charge in [-0.25, -0.2) is 0 Å². The molecular formula is C26H27N3O3. The third kappa shape index (κ3) is 5.71. The van der Waals surface area contributed by atoms with Gasteiger partial charge < -0.3 is 15.6 Å². The first-order chi connectivity index (χ1) is 15.6. The summed E-state index contributed by atoms with van der Waals surface area (Å²) in [7, 11) is 0. The Morgan fingerprint density at radius 3 is 2.31 bits per heavy atom. The lowest BCUT2D eigenvalue weighted by molar-refractivity contribution is -0.117. The number of carbonyl (C=O) groups excluding carboxylic acids is 1. The highest BCUT2D eigenvalue weighted by Gasteiger charge is 2.19. The number of Topliss-reactive ketones (excluding diaryl/α,β-unsaturated/α-hetero) is 1. The van der Waals surface area contributed by atoms with Gasteiger partial charge in [0.15, 0.2) is 5.76 Å². The number of carbonyl (C=O) groups is 1. The number of allylic oxidation sites excluding steroid dienone is 1. The molecule has 4 rings (SSSR count). The van der Waals surface area contributed by atoms with Gasteiger partial charge in [0, 0.05) is 55.9 Å². The molecule has 0 amide bonds. The zero-order valence-corrected chi connectivity index (χ0v) is 18.0. The number of aliphatic hydroxyl groups excluding tert-OH is 1. The van der Waals surface area contributed by atoms with E-state index < -0.39 is 0 Å². The first kappa shape index (κ1) is 22.0. The second-order valence-corrected chi connectivity index (χ2v) is 8.00. The van der Waals surface area contributed by atoms with Gasteiger partial charge in [-0.15, -0.1) is 0 Å². The number of ketones is 1. The quantitative estimate of drug-likeness (QED) is 0.713. The Balaban J connectivity index is 1.35. The van der Waals surface area contributed by atoms with Crippen LogP contribution in [0.4, 0.5) is 0 Å². The van der Waals surface area contributed by atoms with Gasteiger partial charge in [-0.2, -0.15) is 0 Å². The van der Waals surface area contributed by atoms with E-state index in [-0.39, 0.29) is 24.0 Å². The maximum Gasteiger partial charge on any atom is 0.204 e. The normalized spacial score (nSPS) is 17.7. The Morgan fingerprint density at radius 2 is 1.66 bits per heavy atom. The van der Waals surface area contributed by atoms with Crippen molar-refractivity contribution in [3.05, 3.63) is 82.2 Å². The molecule has 164 valence electrons. The molecule has 6 nitrogen and oxygen atoms in total. The molecule has 2 aromatic carbocycles. The Morgan fingerprint density at radius 1 is 1.03 bits per heavy atom. The van der Waals surface area contributed by atoms with Gasteiger partial charge in [-0.05, 0) is 35.4 Å². The fraction of sp³-hybridized carbons (Fsp3) is 0.308. The molecule has 1 unspecified atom stereocenters. The number of morpholine rings is 1. The molecule has 1 fully saturated rings. The van der Waals surface area contributed by atoms with E-state index in [0.29, 0.717) is 12.1 Å². The van der Waals surface area contributed by atoms with E-state index in [0.717, 1.165) is 49.5 Å². The van der Waals surface area contributed by atoms with E-state index in [9.17, 15) is 9.90 Å². The van der Waals surface area contributed by atoms with Crippen LogP contribution in [0, 0.1) is 11.8 Å². The van der Waals surface area contributed by atoms with Gasteiger partial charge in [0.1, 0.15) is 0 Å². The zero-order chi connectivity index (χ0) is 22.3. The maximum atomic E-state index is 11.6. The average molecular weight is 430 g/mol. The van der Waals surface area contributed by atoms with Gasteiger partial charge in [0.2, 0.25) is 5.78 Å². The predicted octanol–water partition coefficient (Wildman–Crippen LogP) is 3.12. The summed E-state index contributed by atoms with van der Waals surface area (Å²) in [4.78, 5) is 18.1. The Hall–Kier alpha value is -3.24. The number of aliphatic hydroxyl groups is 1. The molecule has 0 bridgehead atoms. The van der Waals surface area contributed by atoms with Gasteiger partial charge in [-0.3, -0.25) is 14.7 Å². The topological polar surface area (TPSA) is 88.2 Å². The summed E-state index contributed by atoms with van der Waals surface area (Å²) >= 11 is 0.